The van der Waals surface area contributed by atoms with Crippen LogP contribution < -0.4 is 0 Å². The Morgan fingerprint density at radius 3 is 1.67 bits per heavy atom. The van der Waals surface area contributed by atoms with Gasteiger partial charge in [-0.15, -0.1) is 0 Å². The van der Waals surface area contributed by atoms with E-state index in [9.17, 15) is 9.59 Å². The van der Waals surface area contributed by atoms with Gasteiger partial charge >= 0.3 is 11.9 Å². The lowest BCUT2D eigenvalue weighted by Crippen LogP contribution is -2.33. The van der Waals surface area contributed by atoms with Gasteiger partial charge in [-0.2, -0.15) is 0 Å². The molecule has 5 heteroatoms. The van der Waals surface area contributed by atoms with Crippen LogP contribution in [0.1, 0.15) is 97.8 Å². The number of esters is 2. The van der Waals surface area contributed by atoms with Crippen LogP contribution >= 0.6 is 0 Å². The van der Waals surface area contributed by atoms with Crippen LogP contribution in [0.15, 0.2) is 0 Å². The highest BCUT2D eigenvalue weighted by Gasteiger charge is 2.12. The zero-order valence-corrected chi connectivity index (χ0v) is 18.1. The van der Waals surface area contributed by atoms with E-state index in [0.29, 0.717) is 26.2 Å². The maximum atomic E-state index is 11.8. The van der Waals surface area contributed by atoms with Crippen molar-refractivity contribution in [2.24, 2.45) is 0 Å². The number of unbranched alkanes of at least 4 members (excludes halogenated alkanes) is 9. The minimum Gasteiger partial charge on any atom is -0.466 e. The number of nitrogens with zero attached hydrogens (tertiary/aromatic N) is 1. The van der Waals surface area contributed by atoms with Gasteiger partial charge in [0.05, 0.1) is 19.8 Å². The molecule has 0 spiro atoms. The molecule has 0 N–H and O–H groups in total. The predicted molar refractivity (Wildman–Crippen MR) is 111 cm³/mol. The average Bonchev–Trinajstić information content (AvgIpc) is 2.63. The quantitative estimate of drug-likeness (QED) is 0.228. The van der Waals surface area contributed by atoms with E-state index in [0.717, 1.165) is 25.9 Å². The second kappa shape index (κ2) is 19.7. The van der Waals surface area contributed by atoms with Crippen molar-refractivity contribution >= 4 is 11.9 Å². The first-order chi connectivity index (χ1) is 13.1. The van der Waals surface area contributed by atoms with E-state index in [1.165, 1.54) is 57.8 Å². The average molecular weight is 386 g/mol. The summed E-state index contributed by atoms with van der Waals surface area (Å²) in [4.78, 5) is 25.4. The summed E-state index contributed by atoms with van der Waals surface area (Å²) in [5.74, 6) is -0.340. The third-order valence-electron chi connectivity index (χ3n) is 4.65. The van der Waals surface area contributed by atoms with Crippen molar-refractivity contribution in [1.29, 1.82) is 0 Å². The first kappa shape index (κ1) is 25.9. The van der Waals surface area contributed by atoms with Crippen LogP contribution in [0.5, 0.6) is 0 Å². The Bertz CT molecular complexity index is 360. The molecule has 0 fully saturated rings. The zero-order valence-electron chi connectivity index (χ0n) is 18.1. The summed E-state index contributed by atoms with van der Waals surface area (Å²) in [7, 11) is 0. The smallest absolute Gasteiger partial charge is 0.320 e. The molecule has 0 heterocycles. The normalized spacial score (nSPS) is 11.0. The molecule has 0 radical (unpaired) electrons. The van der Waals surface area contributed by atoms with Crippen LogP contribution in [-0.2, 0) is 19.1 Å². The van der Waals surface area contributed by atoms with E-state index in [4.69, 9.17) is 9.47 Å². The molecule has 0 unspecified atom stereocenters. The Kier molecular flexibility index (Phi) is 18.9. The van der Waals surface area contributed by atoms with Gasteiger partial charge in [0, 0.05) is 6.42 Å². The summed E-state index contributed by atoms with van der Waals surface area (Å²) in [5.41, 5.74) is 0. The molecule has 0 saturated carbocycles. The number of hydrogen-bond acceptors (Lipinski definition) is 5. The Morgan fingerprint density at radius 1 is 0.630 bits per heavy atom. The summed E-state index contributed by atoms with van der Waals surface area (Å²) >= 11 is 0. The Morgan fingerprint density at radius 2 is 1.11 bits per heavy atom. The highest BCUT2D eigenvalue weighted by atomic mass is 16.5. The van der Waals surface area contributed by atoms with Gasteiger partial charge in [0.1, 0.15) is 0 Å². The van der Waals surface area contributed by atoms with E-state index in [1.807, 2.05) is 13.8 Å². The number of hydrogen-bond donors (Lipinski definition) is 0. The lowest BCUT2D eigenvalue weighted by molar-refractivity contribution is -0.144. The summed E-state index contributed by atoms with van der Waals surface area (Å²) in [5, 5.41) is 0. The van der Waals surface area contributed by atoms with E-state index in [2.05, 4.69) is 11.8 Å². The monoisotopic (exact) mass is 385 g/mol. The van der Waals surface area contributed by atoms with Crippen LogP contribution in [0, 0.1) is 0 Å². The maximum absolute atomic E-state index is 11.8. The third-order valence-corrected chi connectivity index (χ3v) is 4.65. The van der Waals surface area contributed by atoms with Gasteiger partial charge in [-0.05, 0) is 39.8 Å². The topological polar surface area (TPSA) is 55.8 Å². The molecule has 0 saturated heterocycles. The molecule has 0 amide bonds. The van der Waals surface area contributed by atoms with Crippen LogP contribution in [-0.4, -0.2) is 49.7 Å². The molecular weight excluding hydrogens is 342 g/mol. The third kappa shape index (κ3) is 18.0. The van der Waals surface area contributed by atoms with Gasteiger partial charge in [0.25, 0.3) is 0 Å². The number of carbonyl (C=O) groups is 2. The lowest BCUT2D eigenvalue weighted by Gasteiger charge is -2.21. The standard InChI is InChI=1S/C22H43NO4/c1-4-7-8-9-10-11-12-13-14-15-18-23(20-22(25)27-6-3)19-16-17-21(24)26-5-2/h4-20H2,1-3H3. The van der Waals surface area contributed by atoms with Gasteiger partial charge in [0.15, 0.2) is 0 Å². The lowest BCUT2D eigenvalue weighted by atomic mass is 10.1. The van der Waals surface area contributed by atoms with Crippen molar-refractivity contribution in [3.05, 3.63) is 0 Å². The molecular formula is C22H43NO4. The first-order valence-electron chi connectivity index (χ1n) is 11.2. The fraction of sp³-hybridized carbons (Fsp3) is 0.909. The van der Waals surface area contributed by atoms with Crippen molar-refractivity contribution in [3.8, 4) is 0 Å². The van der Waals surface area contributed by atoms with Crippen molar-refractivity contribution in [3.63, 3.8) is 0 Å². The van der Waals surface area contributed by atoms with E-state index in [-0.39, 0.29) is 11.9 Å². The summed E-state index contributed by atoms with van der Waals surface area (Å²) < 4.78 is 10.0. The van der Waals surface area contributed by atoms with Crippen molar-refractivity contribution in [1.82, 2.24) is 4.90 Å². The SMILES string of the molecule is CCCCCCCCCCCCN(CCCC(=O)OCC)CC(=O)OCC. The molecule has 0 rings (SSSR count). The molecule has 0 aromatic heterocycles. The first-order valence-corrected chi connectivity index (χ1v) is 11.2. The highest BCUT2D eigenvalue weighted by Crippen LogP contribution is 2.11. The van der Waals surface area contributed by atoms with Crippen LogP contribution in [0.4, 0.5) is 0 Å². The highest BCUT2D eigenvalue weighted by molar-refractivity contribution is 5.71. The summed E-state index contributed by atoms with van der Waals surface area (Å²) in [6.07, 6.45) is 14.1. The van der Waals surface area contributed by atoms with E-state index >= 15 is 0 Å². The molecule has 5 nitrogen and oxygen atoms in total. The van der Waals surface area contributed by atoms with E-state index in [1.54, 1.807) is 0 Å². The zero-order chi connectivity index (χ0) is 20.2. The Labute approximate surface area is 167 Å². The minimum absolute atomic E-state index is 0.160. The van der Waals surface area contributed by atoms with Gasteiger partial charge in [-0.1, -0.05) is 64.7 Å². The van der Waals surface area contributed by atoms with Crippen molar-refractivity contribution in [2.45, 2.75) is 97.8 Å². The molecule has 0 aliphatic heterocycles. The van der Waals surface area contributed by atoms with Gasteiger partial charge in [0.2, 0.25) is 0 Å². The number of rotatable bonds is 19. The van der Waals surface area contributed by atoms with Crippen LogP contribution in [0.2, 0.25) is 0 Å². The summed E-state index contributed by atoms with van der Waals surface area (Å²) in [6.45, 7) is 8.66. The maximum Gasteiger partial charge on any atom is 0.320 e. The molecule has 27 heavy (non-hydrogen) atoms. The fourth-order valence-electron chi connectivity index (χ4n) is 3.16. The Hall–Kier alpha value is -1.10. The Balaban J connectivity index is 3.88. The molecule has 0 aliphatic rings. The molecule has 0 bridgehead atoms. The second-order valence-corrected chi connectivity index (χ2v) is 7.17. The van der Waals surface area contributed by atoms with Crippen molar-refractivity contribution < 1.29 is 19.1 Å². The second-order valence-electron chi connectivity index (χ2n) is 7.17. The fourth-order valence-corrected chi connectivity index (χ4v) is 3.16. The molecule has 0 atom stereocenters. The van der Waals surface area contributed by atoms with Crippen LogP contribution in [0.3, 0.4) is 0 Å². The number of carbonyl (C=O) groups excluding carboxylic acids is 2. The van der Waals surface area contributed by atoms with Gasteiger partial charge in [-0.3, -0.25) is 14.5 Å². The minimum atomic E-state index is -0.180. The molecule has 0 aliphatic carbocycles. The number of ether oxygens (including phenoxy) is 2. The van der Waals surface area contributed by atoms with Gasteiger partial charge in [-0.25, -0.2) is 0 Å². The predicted octanol–water partition coefficient (Wildman–Crippen LogP) is 5.12. The molecule has 0 aromatic rings. The summed E-state index contributed by atoms with van der Waals surface area (Å²) in [6, 6.07) is 0. The van der Waals surface area contributed by atoms with Crippen LogP contribution in [0.25, 0.3) is 0 Å². The molecule has 0 aromatic carbocycles. The van der Waals surface area contributed by atoms with E-state index < -0.39 is 0 Å². The molecule has 160 valence electrons. The van der Waals surface area contributed by atoms with Gasteiger partial charge < -0.3 is 9.47 Å². The largest absolute Gasteiger partial charge is 0.466 e. The van der Waals surface area contributed by atoms with Crippen molar-refractivity contribution in [2.75, 3.05) is 32.8 Å².